The molecule has 0 saturated carbocycles. The molecule has 2 unspecified atom stereocenters. The van der Waals surface area contributed by atoms with Gasteiger partial charge in [0, 0.05) is 13.0 Å². The Balaban J connectivity index is 2.11. The third kappa shape index (κ3) is 2.36. The third-order valence-corrected chi connectivity index (χ3v) is 3.97. The molecule has 100 valence electrons. The summed E-state index contributed by atoms with van der Waals surface area (Å²) in [5.74, 6) is 0. The Morgan fingerprint density at radius 2 is 2.06 bits per heavy atom. The van der Waals surface area contributed by atoms with Gasteiger partial charge in [0.2, 0.25) is 0 Å². The standard InChI is InChI=1S/C13H25NO3/c1-10(2)15-9-11-13(17-8-6-14-11)5-7-16-12(13,3)4/h10-11,14H,5-9H2,1-4H3. The number of ether oxygens (including phenoxy) is 3. The van der Waals surface area contributed by atoms with Gasteiger partial charge in [-0.05, 0) is 27.7 Å². The molecule has 0 bridgehead atoms. The van der Waals surface area contributed by atoms with Crippen molar-refractivity contribution in [1.82, 2.24) is 5.32 Å². The molecule has 0 aromatic heterocycles. The van der Waals surface area contributed by atoms with Crippen molar-refractivity contribution in [3.05, 3.63) is 0 Å². The molecule has 2 atom stereocenters. The van der Waals surface area contributed by atoms with Crippen LogP contribution in [-0.4, -0.2) is 49.7 Å². The van der Waals surface area contributed by atoms with Gasteiger partial charge in [-0.25, -0.2) is 0 Å². The lowest BCUT2D eigenvalue weighted by molar-refractivity contribution is -0.181. The van der Waals surface area contributed by atoms with E-state index >= 15 is 0 Å². The van der Waals surface area contributed by atoms with Gasteiger partial charge in [-0.15, -0.1) is 0 Å². The van der Waals surface area contributed by atoms with Crippen molar-refractivity contribution in [3.8, 4) is 0 Å². The van der Waals surface area contributed by atoms with Gasteiger partial charge in [0.1, 0.15) is 5.60 Å². The van der Waals surface area contributed by atoms with E-state index in [2.05, 4.69) is 33.0 Å². The summed E-state index contributed by atoms with van der Waals surface area (Å²) >= 11 is 0. The van der Waals surface area contributed by atoms with E-state index in [9.17, 15) is 0 Å². The quantitative estimate of drug-likeness (QED) is 0.812. The molecule has 2 heterocycles. The van der Waals surface area contributed by atoms with Crippen molar-refractivity contribution in [1.29, 1.82) is 0 Å². The maximum absolute atomic E-state index is 6.12. The third-order valence-electron chi connectivity index (χ3n) is 3.97. The van der Waals surface area contributed by atoms with Crippen LogP contribution in [0.5, 0.6) is 0 Å². The molecule has 2 rings (SSSR count). The van der Waals surface area contributed by atoms with Crippen molar-refractivity contribution in [2.45, 2.75) is 57.5 Å². The highest BCUT2D eigenvalue weighted by Gasteiger charge is 2.57. The molecule has 1 spiro atoms. The van der Waals surface area contributed by atoms with Crippen molar-refractivity contribution >= 4 is 0 Å². The first-order valence-electron chi connectivity index (χ1n) is 6.61. The van der Waals surface area contributed by atoms with Crippen LogP contribution >= 0.6 is 0 Å². The smallest absolute Gasteiger partial charge is 0.116 e. The number of hydrogen-bond acceptors (Lipinski definition) is 4. The SMILES string of the molecule is CC(C)OCC1NCCOC12CCOC2(C)C. The van der Waals surface area contributed by atoms with Crippen molar-refractivity contribution < 1.29 is 14.2 Å². The molecule has 1 N–H and O–H groups in total. The largest absolute Gasteiger partial charge is 0.377 e. The van der Waals surface area contributed by atoms with Crippen LogP contribution in [0.15, 0.2) is 0 Å². The Labute approximate surface area is 104 Å². The highest BCUT2D eigenvalue weighted by atomic mass is 16.6. The normalized spacial score (nSPS) is 36.9. The summed E-state index contributed by atoms with van der Waals surface area (Å²) < 4.78 is 17.7. The van der Waals surface area contributed by atoms with E-state index in [-0.39, 0.29) is 23.3 Å². The van der Waals surface area contributed by atoms with Gasteiger partial charge >= 0.3 is 0 Å². The molecule has 0 radical (unpaired) electrons. The van der Waals surface area contributed by atoms with Gasteiger partial charge in [0.25, 0.3) is 0 Å². The molecular formula is C13H25NO3. The van der Waals surface area contributed by atoms with Gasteiger partial charge in [0.05, 0.1) is 37.6 Å². The predicted molar refractivity (Wildman–Crippen MR) is 66.2 cm³/mol. The number of rotatable bonds is 3. The van der Waals surface area contributed by atoms with Crippen LogP contribution in [0.4, 0.5) is 0 Å². The molecule has 2 aliphatic heterocycles. The van der Waals surface area contributed by atoms with Crippen LogP contribution in [0.3, 0.4) is 0 Å². The van der Waals surface area contributed by atoms with Crippen LogP contribution in [0, 0.1) is 0 Å². The summed E-state index contributed by atoms with van der Waals surface area (Å²) in [7, 11) is 0. The van der Waals surface area contributed by atoms with E-state index in [0.717, 1.165) is 26.2 Å². The predicted octanol–water partition coefficient (Wildman–Crippen LogP) is 1.34. The molecule has 2 aliphatic rings. The Morgan fingerprint density at radius 3 is 2.65 bits per heavy atom. The Morgan fingerprint density at radius 1 is 1.29 bits per heavy atom. The molecule has 4 nitrogen and oxygen atoms in total. The van der Waals surface area contributed by atoms with Crippen LogP contribution < -0.4 is 5.32 Å². The molecule has 2 fully saturated rings. The van der Waals surface area contributed by atoms with Gasteiger partial charge < -0.3 is 19.5 Å². The molecule has 0 aromatic carbocycles. The fourth-order valence-corrected chi connectivity index (χ4v) is 2.93. The van der Waals surface area contributed by atoms with E-state index in [1.54, 1.807) is 0 Å². The van der Waals surface area contributed by atoms with Crippen molar-refractivity contribution in [2.24, 2.45) is 0 Å². The molecule has 0 aliphatic carbocycles. The van der Waals surface area contributed by atoms with Gasteiger partial charge in [-0.3, -0.25) is 0 Å². The zero-order chi connectivity index (χ0) is 12.5. The van der Waals surface area contributed by atoms with Crippen LogP contribution in [0.2, 0.25) is 0 Å². The molecular weight excluding hydrogens is 218 g/mol. The van der Waals surface area contributed by atoms with Crippen molar-refractivity contribution in [3.63, 3.8) is 0 Å². The van der Waals surface area contributed by atoms with Crippen molar-refractivity contribution in [2.75, 3.05) is 26.4 Å². The average molecular weight is 243 g/mol. The molecule has 0 aromatic rings. The van der Waals surface area contributed by atoms with Crippen LogP contribution in [0.25, 0.3) is 0 Å². The zero-order valence-corrected chi connectivity index (χ0v) is 11.4. The van der Waals surface area contributed by atoms with E-state index < -0.39 is 0 Å². The number of hydrogen-bond donors (Lipinski definition) is 1. The minimum atomic E-state index is -0.245. The zero-order valence-electron chi connectivity index (χ0n) is 11.4. The first kappa shape index (κ1) is 13.3. The lowest BCUT2D eigenvalue weighted by Gasteiger charge is -2.48. The summed E-state index contributed by atoms with van der Waals surface area (Å²) in [5, 5.41) is 3.53. The summed E-state index contributed by atoms with van der Waals surface area (Å²) in [6.45, 7) is 11.5. The van der Waals surface area contributed by atoms with Crippen LogP contribution in [-0.2, 0) is 14.2 Å². The van der Waals surface area contributed by atoms with E-state index in [4.69, 9.17) is 14.2 Å². The van der Waals surface area contributed by atoms with Crippen LogP contribution in [0.1, 0.15) is 34.1 Å². The van der Waals surface area contributed by atoms with Gasteiger partial charge in [0.15, 0.2) is 0 Å². The second-order valence-corrected chi connectivity index (χ2v) is 5.74. The summed E-state index contributed by atoms with van der Waals surface area (Å²) in [6, 6.07) is 0.219. The van der Waals surface area contributed by atoms with E-state index in [0.29, 0.717) is 6.61 Å². The summed E-state index contributed by atoms with van der Waals surface area (Å²) in [6.07, 6.45) is 1.19. The molecule has 0 amide bonds. The number of nitrogens with one attached hydrogen (secondary N) is 1. The number of morpholine rings is 1. The minimum Gasteiger partial charge on any atom is -0.377 e. The molecule has 2 saturated heterocycles. The summed E-state index contributed by atoms with van der Waals surface area (Å²) in [5.41, 5.74) is -0.481. The fraction of sp³-hybridized carbons (Fsp3) is 1.00. The van der Waals surface area contributed by atoms with Gasteiger partial charge in [-0.2, -0.15) is 0 Å². The van der Waals surface area contributed by atoms with E-state index in [1.165, 1.54) is 0 Å². The first-order valence-corrected chi connectivity index (χ1v) is 6.61. The Bertz CT molecular complexity index is 267. The highest BCUT2D eigenvalue weighted by molar-refractivity contribution is 5.10. The van der Waals surface area contributed by atoms with Gasteiger partial charge in [-0.1, -0.05) is 0 Å². The second-order valence-electron chi connectivity index (χ2n) is 5.74. The highest BCUT2D eigenvalue weighted by Crippen LogP contribution is 2.42. The van der Waals surface area contributed by atoms with E-state index in [1.807, 2.05) is 0 Å². The maximum Gasteiger partial charge on any atom is 0.116 e. The monoisotopic (exact) mass is 243 g/mol. The first-order chi connectivity index (χ1) is 7.98. The Kier molecular flexibility index (Phi) is 3.78. The lowest BCUT2D eigenvalue weighted by Crippen LogP contribution is -2.67. The average Bonchev–Trinajstić information content (AvgIpc) is 2.54. The topological polar surface area (TPSA) is 39.7 Å². The molecule has 17 heavy (non-hydrogen) atoms. The minimum absolute atomic E-state index is 0.219. The lowest BCUT2D eigenvalue weighted by atomic mass is 9.78. The Hall–Kier alpha value is -0.160. The summed E-state index contributed by atoms with van der Waals surface area (Å²) in [4.78, 5) is 0. The molecule has 4 heteroatoms. The second kappa shape index (κ2) is 4.84. The fourth-order valence-electron chi connectivity index (χ4n) is 2.93. The maximum atomic E-state index is 6.12.